The van der Waals surface area contributed by atoms with E-state index in [2.05, 4.69) is 40.4 Å². The number of halogens is 2. The maximum atomic E-state index is 13.4. The molecule has 2 aromatic rings. The lowest BCUT2D eigenvalue weighted by Crippen LogP contribution is -2.39. The number of rotatable bonds is 3. The Morgan fingerprint density at radius 1 is 1.16 bits per heavy atom. The molecule has 0 spiro atoms. The molecule has 2 N–H and O–H groups in total. The van der Waals surface area contributed by atoms with Crippen molar-refractivity contribution in [2.45, 2.75) is 39.5 Å². The van der Waals surface area contributed by atoms with Gasteiger partial charge in [-0.05, 0) is 60.7 Å². The maximum absolute atomic E-state index is 13.4. The topological polar surface area (TPSA) is 58.2 Å². The van der Waals surface area contributed by atoms with E-state index in [0.717, 1.165) is 22.2 Å². The monoisotopic (exact) mass is 482 g/mol. The summed E-state index contributed by atoms with van der Waals surface area (Å²) in [6.07, 6.45) is 1.17. The van der Waals surface area contributed by atoms with Crippen molar-refractivity contribution in [3.63, 3.8) is 0 Å². The minimum absolute atomic E-state index is 0.0586. The molecule has 1 unspecified atom stereocenters. The molecule has 31 heavy (non-hydrogen) atoms. The van der Waals surface area contributed by atoms with Gasteiger partial charge in [0, 0.05) is 45.0 Å². The number of hydrogen-bond donors (Lipinski definition) is 2. The van der Waals surface area contributed by atoms with Gasteiger partial charge in [0.15, 0.2) is 5.78 Å². The van der Waals surface area contributed by atoms with Gasteiger partial charge in [-0.25, -0.2) is 4.39 Å². The minimum Gasteiger partial charge on any atom is -0.362 e. The van der Waals surface area contributed by atoms with Crippen LogP contribution in [-0.4, -0.2) is 11.7 Å². The highest BCUT2D eigenvalue weighted by atomic mass is 79.9. The highest BCUT2D eigenvalue weighted by molar-refractivity contribution is 9.10. The standard InChI is InChI=1S/C25H24BrFN2O2/c1-14-21(24(31)29-18-9-7-17(27)8-10-18)22(15-5-4-6-16(26)11-15)23-19(28-14)12-25(2,3)13-20(23)30/h4-11,22,28H,12-13H2,1-3H3,(H,29,31). The highest BCUT2D eigenvalue weighted by Crippen LogP contribution is 2.47. The second-order valence-corrected chi connectivity index (χ2v) is 9.86. The molecule has 1 amide bonds. The third kappa shape index (κ3) is 4.35. The molecule has 2 aliphatic rings. The van der Waals surface area contributed by atoms with E-state index in [4.69, 9.17) is 0 Å². The Kier molecular flexibility index (Phi) is 5.60. The van der Waals surface area contributed by atoms with Gasteiger partial charge in [0.2, 0.25) is 0 Å². The summed E-state index contributed by atoms with van der Waals surface area (Å²) in [6, 6.07) is 13.4. The van der Waals surface area contributed by atoms with Crippen molar-refractivity contribution >= 4 is 33.3 Å². The third-order valence-corrected chi connectivity index (χ3v) is 6.26. The molecule has 0 radical (unpaired) electrons. The molecule has 6 heteroatoms. The van der Waals surface area contributed by atoms with Gasteiger partial charge in [-0.1, -0.05) is 41.9 Å². The zero-order valence-electron chi connectivity index (χ0n) is 17.7. The Morgan fingerprint density at radius 3 is 2.55 bits per heavy atom. The van der Waals surface area contributed by atoms with Crippen LogP contribution < -0.4 is 10.6 Å². The number of benzene rings is 2. The van der Waals surface area contributed by atoms with Gasteiger partial charge in [-0.2, -0.15) is 0 Å². The number of ketones is 1. The predicted molar refractivity (Wildman–Crippen MR) is 123 cm³/mol. The van der Waals surface area contributed by atoms with Crippen LogP contribution in [0.25, 0.3) is 0 Å². The zero-order valence-corrected chi connectivity index (χ0v) is 19.3. The van der Waals surface area contributed by atoms with Crippen molar-refractivity contribution in [3.05, 3.63) is 86.9 Å². The lowest BCUT2D eigenvalue weighted by atomic mass is 9.68. The number of anilines is 1. The fraction of sp³-hybridized carbons (Fsp3) is 0.280. The van der Waals surface area contributed by atoms with Crippen LogP contribution in [0.5, 0.6) is 0 Å². The summed E-state index contributed by atoms with van der Waals surface area (Å²) in [5.74, 6) is -1.10. The summed E-state index contributed by atoms with van der Waals surface area (Å²) in [7, 11) is 0. The molecular formula is C25H24BrFN2O2. The van der Waals surface area contributed by atoms with E-state index in [9.17, 15) is 14.0 Å². The van der Waals surface area contributed by atoms with E-state index in [1.807, 2.05) is 31.2 Å². The first kappa shape index (κ1) is 21.5. The van der Waals surface area contributed by atoms with Crippen molar-refractivity contribution in [2.75, 3.05) is 5.32 Å². The van der Waals surface area contributed by atoms with Gasteiger partial charge in [0.05, 0.1) is 0 Å². The van der Waals surface area contributed by atoms with Gasteiger partial charge in [-0.3, -0.25) is 9.59 Å². The molecule has 1 aliphatic heterocycles. The molecule has 0 fully saturated rings. The van der Waals surface area contributed by atoms with Crippen LogP contribution in [0, 0.1) is 11.2 Å². The molecule has 160 valence electrons. The quantitative estimate of drug-likeness (QED) is 0.578. The largest absolute Gasteiger partial charge is 0.362 e. The summed E-state index contributed by atoms with van der Waals surface area (Å²) in [4.78, 5) is 26.7. The third-order valence-electron chi connectivity index (χ3n) is 5.77. The van der Waals surface area contributed by atoms with Gasteiger partial charge in [0.25, 0.3) is 5.91 Å². The van der Waals surface area contributed by atoms with Crippen LogP contribution in [0.3, 0.4) is 0 Å². The summed E-state index contributed by atoms with van der Waals surface area (Å²) in [5.41, 5.74) is 3.99. The first-order valence-corrected chi connectivity index (χ1v) is 11.0. The number of amides is 1. The minimum atomic E-state index is -0.474. The smallest absolute Gasteiger partial charge is 0.254 e. The average Bonchev–Trinajstić information content (AvgIpc) is 2.67. The first-order chi connectivity index (χ1) is 14.6. The number of carbonyl (C=O) groups is 2. The number of allylic oxidation sites excluding steroid dienone is 3. The van der Waals surface area contributed by atoms with Crippen molar-refractivity contribution < 1.29 is 14.0 Å². The molecule has 1 heterocycles. The first-order valence-electron chi connectivity index (χ1n) is 10.2. The van der Waals surface area contributed by atoms with E-state index in [1.165, 1.54) is 24.3 Å². The number of nitrogens with one attached hydrogen (secondary N) is 2. The molecule has 4 nitrogen and oxygen atoms in total. The SMILES string of the molecule is CC1=C(C(=O)Nc2ccc(F)cc2)C(c2cccc(Br)c2)C2=C(CC(C)(C)CC2=O)N1. The van der Waals surface area contributed by atoms with Crippen LogP contribution in [-0.2, 0) is 9.59 Å². The number of dihydropyridines is 1. The van der Waals surface area contributed by atoms with Crippen LogP contribution in [0.15, 0.2) is 75.5 Å². The van der Waals surface area contributed by atoms with Gasteiger partial charge >= 0.3 is 0 Å². The zero-order chi connectivity index (χ0) is 22.3. The maximum Gasteiger partial charge on any atom is 0.254 e. The molecule has 0 saturated heterocycles. The van der Waals surface area contributed by atoms with Crippen molar-refractivity contribution in [1.29, 1.82) is 0 Å². The van der Waals surface area contributed by atoms with E-state index in [-0.39, 0.29) is 22.9 Å². The highest BCUT2D eigenvalue weighted by Gasteiger charge is 2.42. The summed E-state index contributed by atoms with van der Waals surface area (Å²) in [5, 5.41) is 6.21. The normalized spacial score (nSPS) is 20.3. The van der Waals surface area contributed by atoms with Crippen molar-refractivity contribution in [2.24, 2.45) is 5.41 Å². The van der Waals surface area contributed by atoms with Gasteiger partial charge in [0.1, 0.15) is 5.82 Å². The lowest BCUT2D eigenvalue weighted by molar-refractivity contribution is -0.118. The van der Waals surface area contributed by atoms with Gasteiger partial charge < -0.3 is 10.6 Å². The van der Waals surface area contributed by atoms with Crippen LogP contribution in [0.4, 0.5) is 10.1 Å². The molecule has 1 aliphatic carbocycles. The molecule has 4 rings (SSSR count). The number of Topliss-reactive ketones (excluding diaryl/α,β-unsaturated/α-hetero) is 1. The van der Waals surface area contributed by atoms with E-state index in [1.54, 1.807) is 0 Å². The Labute approximate surface area is 189 Å². The fourth-order valence-corrected chi connectivity index (χ4v) is 4.91. The second kappa shape index (κ2) is 8.08. The molecule has 1 atom stereocenters. The van der Waals surface area contributed by atoms with Crippen LogP contribution >= 0.6 is 15.9 Å². The summed E-state index contributed by atoms with van der Waals surface area (Å²) < 4.78 is 14.2. The molecule has 0 aromatic heterocycles. The Bertz CT molecular complexity index is 1130. The van der Waals surface area contributed by atoms with E-state index in [0.29, 0.717) is 29.0 Å². The second-order valence-electron chi connectivity index (χ2n) is 8.95. The van der Waals surface area contributed by atoms with Crippen molar-refractivity contribution in [3.8, 4) is 0 Å². The van der Waals surface area contributed by atoms with Crippen molar-refractivity contribution in [1.82, 2.24) is 5.32 Å². The molecule has 0 saturated carbocycles. The average molecular weight is 483 g/mol. The Hall–Kier alpha value is -2.73. The molecule has 0 bridgehead atoms. The van der Waals surface area contributed by atoms with Crippen LogP contribution in [0.1, 0.15) is 45.1 Å². The molecule has 2 aromatic carbocycles. The van der Waals surface area contributed by atoms with Crippen LogP contribution in [0.2, 0.25) is 0 Å². The molecular weight excluding hydrogens is 459 g/mol. The summed E-state index contributed by atoms with van der Waals surface area (Å²) in [6.45, 7) is 6.03. The van der Waals surface area contributed by atoms with E-state index < -0.39 is 5.92 Å². The number of hydrogen-bond acceptors (Lipinski definition) is 3. The number of carbonyl (C=O) groups excluding carboxylic acids is 2. The van der Waals surface area contributed by atoms with E-state index >= 15 is 0 Å². The summed E-state index contributed by atoms with van der Waals surface area (Å²) >= 11 is 3.51. The Morgan fingerprint density at radius 2 is 1.87 bits per heavy atom. The predicted octanol–water partition coefficient (Wildman–Crippen LogP) is 5.83. The Balaban J connectivity index is 1.80. The lowest BCUT2D eigenvalue weighted by Gasteiger charge is -2.39. The fourth-order valence-electron chi connectivity index (χ4n) is 4.49. The van der Waals surface area contributed by atoms with Gasteiger partial charge in [-0.15, -0.1) is 0 Å².